The van der Waals surface area contributed by atoms with Crippen LogP contribution in [0.2, 0.25) is 0 Å². The quantitative estimate of drug-likeness (QED) is 0.0694. The number of H-pyrrole nitrogens is 1. The van der Waals surface area contributed by atoms with Gasteiger partial charge in [0, 0.05) is 42.6 Å². The average Bonchev–Trinajstić information content (AvgIpc) is 3.57. The van der Waals surface area contributed by atoms with Crippen LogP contribution >= 0.6 is 0 Å². The summed E-state index contributed by atoms with van der Waals surface area (Å²) in [5.41, 5.74) is 16.4. The summed E-state index contributed by atoms with van der Waals surface area (Å²) >= 11 is 0. The van der Waals surface area contributed by atoms with Crippen molar-refractivity contribution in [2.24, 2.45) is 23.2 Å². The number of aromatic amines is 1. The number of rotatable bonds is 10. The first-order valence-corrected chi connectivity index (χ1v) is 17.0. The summed E-state index contributed by atoms with van der Waals surface area (Å²) in [6.45, 7) is 4.78. The van der Waals surface area contributed by atoms with Gasteiger partial charge in [-0.25, -0.2) is 21.3 Å². The molecule has 3 aromatic rings. The Hall–Kier alpha value is -5.14. The highest BCUT2D eigenvalue weighted by Crippen LogP contribution is 2.30. The Morgan fingerprint density at radius 1 is 0.836 bits per heavy atom. The first kappa shape index (κ1) is 44.3. The van der Waals surface area contributed by atoms with Crippen molar-refractivity contribution in [3.8, 4) is 0 Å². The SMILES string of the molecule is C/C(N)=C/N(N)c1cn(C2OC(CO)C(O)C2O)c(=O)nc1N.CCC.N/C(=C\N(N)c1cn(C2OC(CO)C(O)C2O)c(=O)[nH]c1=O)Cc1ccccc1. The number of anilines is 3. The molecule has 17 N–H and O–H groups in total. The molecular formula is C33H51N11O11. The molecule has 304 valence electrons. The van der Waals surface area contributed by atoms with E-state index in [0.717, 1.165) is 30.9 Å². The maximum Gasteiger partial charge on any atom is 0.351 e. The van der Waals surface area contributed by atoms with Crippen molar-refractivity contribution in [2.45, 2.75) is 82.7 Å². The Balaban J connectivity index is 0.000000282. The van der Waals surface area contributed by atoms with Gasteiger partial charge in [0.15, 0.2) is 18.3 Å². The normalized spacial score (nSPS) is 25.1. The summed E-state index contributed by atoms with van der Waals surface area (Å²) in [6, 6.07) is 9.38. The first-order valence-electron chi connectivity index (χ1n) is 17.0. The van der Waals surface area contributed by atoms with E-state index in [-0.39, 0.29) is 17.2 Å². The molecule has 0 aliphatic carbocycles. The number of nitrogens with zero attached hydrogens (tertiary/aromatic N) is 5. The van der Waals surface area contributed by atoms with E-state index in [4.69, 9.17) is 43.5 Å². The largest absolute Gasteiger partial charge is 0.401 e. The maximum absolute atomic E-state index is 12.2. The molecule has 2 fully saturated rings. The second-order valence-electron chi connectivity index (χ2n) is 12.6. The molecule has 0 spiro atoms. The molecule has 2 aromatic heterocycles. The minimum absolute atomic E-state index is 0.140. The summed E-state index contributed by atoms with van der Waals surface area (Å²) in [5.74, 6) is 11.6. The Bertz CT molecular complexity index is 1930. The van der Waals surface area contributed by atoms with Crippen molar-refractivity contribution in [1.29, 1.82) is 0 Å². The highest BCUT2D eigenvalue weighted by Gasteiger charge is 2.45. The number of allylic oxidation sites excluding steroid dienone is 2. The average molecular weight is 778 g/mol. The van der Waals surface area contributed by atoms with Crippen LogP contribution < -0.4 is 55.8 Å². The molecule has 55 heavy (non-hydrogen) atoms. The smallest absolute Gasteiger partial charge is 0.351 e. The number of nitrogens with one attached hydrogen (secondary N) is 1. The minimum atomic E-state index is -1.49. The number of hydrogen-bond donors (Lipinski definition) is 12. The van der Waals surface area contributed by atoms with E-state index >= 15 is 0 Å². The maximum atomic E-state index is 12.2. The summed E-state index contributed by atoms with van der Waals surface area (Å²) in [5, 5.41) is 60.1. The number of nitrogens with two attached hydrogens (primary N) is 5. The van der Waals surface area contributed by atoms with Crippen LogP contribution in [0.5, 0.6) is 0 Å². The van der Waals surface area contributed by atoms with E-state index in [1.165, 1.54) is 25.0 Å². The molecule has 8 atom stereocenters. The molecule has 4 heterocycles. The van der Waals surface area contributed by atoms with Crippen LogP contribution in [0.3, 0.4) is 0 Å². The third-order valence-corrected chi connectivity index (χ3v) is 7.95. The monoisotopic (exact) mass is 777 g/mol. The van der Waals surface area contributed by atoms with Crippen LogP contribution in [-0.4, -0.2) is 99.6 Å². The van der Waals surface area contributed by atoms with Gasteiger partial charge >= 0.3 is 11.4 Å². The van der Waals surface area contributed by atoms with Gasteiger partial charge in [0.05, 0.1) is 13.2 Å². The minimum Gasteiger partial charge on any atom is -0.401 e. The Kier molecular flexibility index (Phi) is 16.1. The number of ether oxygens (including phenoxy) is 2. The van der Waals surface area contributed by atoms with E-state index in [0.29, 0.717) is 17.8 Å². The van der Waals surface area contributed by atoms with E-state index in [9.17, 15) is 39.9 Å². The molecule has 8 unspecified atom stereocenters. The van der Waals surface area contributed by atoms with E-state index in [1.807, 2.05) is 30.3 Å². The van der Waals surface area contributed by atoms with Gasteiger partial charge in [0.2, 0.25) is 0 Å². The van der Waals surface area contributed by atoms with Gasteiger partial charge < -0.3 is 57.3 Å². The van der Waals surface area contributed by atoms with Gasteiger partial charge in [0.25, 0.3) is 5.56 Å². The van der Waals surface area contributed by atoms with Gasteiger partial charge in [-0.3, -0.25) is 28.9 Å². The highest BCUT2D eigenvalue weighted by atomic mass is 16.6. The molecule has 0 bridgehead atoms. The second kappa shape index (κ2) is 20.0. The van der Waals surface area contributed by atoms with Gasteiger partial charge in [-0.1, -0.05) is 50.6 Å². The van der Waals surface area contributed by atoms with Gasteiger partial charge in [-0.2, -0.15) is 4.98 Å². The molecular weight excluding hydrogens is 726 g/mol. The summed E-state index contributed by atoms with van der Waals surface area (Å²) in [4.78, 5) is 42.1. The molecule has 1 aromatic carbocycles. The van der Waals surface area contributed by atoms with E-state index < -0.39 is 79.2 Å². The summed E-state index contributed by atoms with van der Waals surface area (Å²) < 4.78 is 12.4. The van der Waals surface area contributed by atoms with Gasteiger partial charge in [0.1, 0.15) is 48.0 Å². The van der Waals surface area contributed by atoms with Gasteiger partial charge in [-0.05, 0) is 12.5 Å². The van der Waals surface area contributed by atoms with Gasteiger partial charge in [-0.15, -0.1) is 0 Å². The fourth-order valence-corrected chi connectivity index (χ4v) is 5.33. The zero-order valence-electron chi connectivity index (χ0n) is 30.5. The lowest BCUT2D eigenvalue weighted by molar-refractivity contribution is -0.0549. The third kappa shape index (κ3) is 11.0. The lowest BCUT2D eigenvalue weighted by Gasteiger charge is -2.21. The number of hydrogen-bond acceptors (Lipinski definition) is 19. The number of aliphatic hydroxyl groups excluding tert-OH is 6. The molecule has 0 amide bonds. The Morgan fingerprint density at radius 3 is 1.82 bits per heavy atom. The first-order chi connectivity index (χ1) is 26.0. The lowest BCUT2D eigenvalue weighted by atomic mass is 10.1. The Labute approximate surface area is 314 Å². The van der Waals surface area contributed by atoms with Crippen molar-refractivity contribution in [3.63, 3.8) is 0 Å². The molecule has 2 aliphatic rings. The van der Waals surface area contributed by atoms with Crippen LogP contribution in [0.15, 0.2) is 80.9 Å². The molecule has 0 radical (unpaired) electrons. The van der Waals surface area contributed by atoms with Crippen molar-refractivity contribution < 1.29 is 40.1 Å². The van der Waals surface area contributed by atoms with Crippen LogP contribution in [0.1, 0.15) is 45.2 Å². The predicted octanol–water partition coefficient (Wildman–Crippen LogP) is -3.78. The predicted molar refractivity (Wildman–Crippen MR) is 200 cm³/mol. The van der Waals surface area contributed by atoms with Crippen molar-refractivity contribution in [3.05, 3.63) is 103 Å². The zero-order valence-corrected chi connectivity index (χ0v) is 30.5. The number of benzene rings is 1. The van der Waals surface area contributed by atoms with Crippen molar-refractivity contribution in [1.82, 2.24) is 19.1 Å². The fraction of sp³-hybridized carbons (Fsp3) is 0.455. The van der Waals surface area contributed by atoms with E-state index in [1.54, 1.807) is 6.92 Å². The zero-order chi connectivity index (χ0) is 41.1. The molecule has 0 saturated carbocycles. The summed E-state index contributed by atoms with van der Waals surface area (Å²) in [7, 11) is 0. The van der Waals surface area contributed by atoms with Crippen LogP contribution in [0.25, 0.3) is 0 Å². The number of nitrogen functional groups attached to an aromatic ring is 1. The van der Waals surface area contributed by atoms with Crippen molar-refractivity contribution >= 4 is 17.2 Å². The van der Waals surface area contributed by atoms with E-state index in [2.05, 4.69) is 23.8 Å². The molecule has 2 aliphatic heterocycles. The molecule has 5 rings (SSSR count). The lowest BCUT2D eigenvalue weighted by Crippen LogP contribution is -2.41. The Morgan fingerprint density at radius 2 is 1.33 bits per heavy atom. The number of aliphatic hydroxyl groups is 6. The van der Waals surface area contributed by atoms with Crippen LogP contribution in [0.4, 0.5) is 17.2 Å². The van der Waals surface area contributed by atoms with Crippen LogP contribution in [0, 0.1) is 0 Å². The molecule has 22 nitrogen and oxygen atoms in total. The highest BCUT2D eigenvalue weighted by molar-refractivity contribution is 5.62. The van der Waals surface area contributed by atoms with Crippen LogP contribution in [-0.2, 0) is 15.9 Å². The number of aromatic nitrogens is 4. The topological polar surface area (TPSA) is 366 Å². The molecule has 2 saturated heterocycles. The van der Waals surface area contributed by atoms with Crippen molar-refractivity contribution in [2.75, 3.05) is 29.0 Å². The third-order valence-electron chi connectivity index (χ3n) is 7.95. The summed E-state index contributed by atoms with van der Waals surface area (Å²) in [6.07, 6.45) is -3.67. The fourth-order valence-electron chi connectivity index (χ4n) is 5.33. The second-order valence-corrected chi connectivity index (χ2v) is 12.6. The standard InChI is InChI=1S/C18H23N5O6.C12H20N6O5.C3H8/c19-11(6-10-4-2-1-3-5-10)7-23(20)12-8-22(18(28)21-16(12)27)17-15(26)14(25)13(9-24)29-17;1-5(13)2-18(15)6-3-17(12(22)16-10(6)14)11-9(21)8(20)7(4-19)23-11;1-3-2/h1-5,7-8,13-15,17,24-26H,6,9,19-20H2,(H,21,27,28);2-3,7-9,11,19-21H,4,13,15H2,1H3,(H2,14,16,22);3H2,1-2H3/b11-7-;5-2-;. The number of hydrazine groups is 2. The molecule has 22 heteroatoms.